The van der Waals surface area contributed by atoms with Crippen molar-refractivity contribution in [2.24, 2.45) is 17.8 Å². The molecule has 0 rings (SSSR count). The molecule has 0 saturated heterocycles. The van der Waals surface area contributed by atoms with Crippen LogP contribution in [0.1, 0.15) is 79.6 Å². The third-order valence-electron chi connectivity index (χ3n) is 3.61. The van der Waals surface area contributed by atoms with Crippen molar-refractivity contribution < 1.29 is 0 Å². The molecule has 0 aliphatic carbocycles. The summed E-state index contributed by atoms with van der Waals surface area (Å²) in [6.07, 6.45) is 9.96. The maximum Gasteiger partial charge on any atom is -0.0414 e. The molecular formula is C15H32. The van der Waals surface area contributed by atoms with Crippen LogP contribution in [0.2, 0.25) is 0 Å². The molecule has 0 heteroatoms. The predicted molar refractivity (Wildman–Crippen MR) is 71.2 cm³/mol. The van der Waals surface area contributed by atoms with Crippen LogP contribution in [0.5, 0.6) is 0 Å². The standard InChI is InChI=1S/C15H32/c1-6-8-15(11-9-13(3)4)12-10-14(5)7-2/h13-15H,6-12H2,1-5H3/t14-,15+/m0/s1. The molecule has 92 valence electrons. The lowest BCUT2D eigenvalue weighted by molar-refractivity contribution is 0.339. The van der Waals surface area contributed by atoms with Gasteiger partial charge < -0.3 is 0 Å². The summed E-state index contributed by atoms with van der Waals surface area (Å²) < 4.78 is 0. The molecule has 0 heterocycles. The highest BCUT2D eigenvalue weighted by atomic mass is 14.2. The second kappa shape index (κ2) is 9.24. The smallest absolute Gasteiger partial charge is 0.0414 e. The zero-order valence-electron chi connectivity index (χ0n) is 11.7. The molecule has 0 aromatic heterocycles. The van der Waals surface area contributed by atoms with E-state index in [1.54, 1.807) is 0 Å². The second-order valence-electron chi connectivity index (χ2n) is 5.72. The molecule has 0 N–H and O–H groups in total. The van der Waals surface area contributed by atoms with Crippen molar-refractivity contribution in [2.45, 2.75) is 79.6 Å². The maximum atomic E-state index is 2.39. The molecule has 0 aromatic carbocycles. The molecule has 15 heavy (non-hydrogen) atoms. The average molecular weight is 212 g/mol. The highest BCUT2D eigenvalue weighted by Gasteiger charge is 2.10. The zero-order chi connectivity index (χ0) is 11.7. The van der Waals surface area contributed by atoms with Crippen LogP contribution in [-0.2, 0) is 0 Å². The summed E-state index contributed by atoms with van der Waals surface area (Å²) in [6, 6.07) is 0. The molecule has 0 unspecified atom stereocenters. The lowest BCUT2D eigenvalue weighted by atomic mass is 9.87. The molecular weight excluding hydrogens is 180 g/mol. The molecule has 0 amide bonds. The number of hydrogen-bond donors (Lipinski definition) is 0. The van der Waals surface area contributed by atoms with Crippen LogP contribution in [0.3, 0.4) is 0 Å². The molecule has 0 bridgehead atoms. The van der Waals surface area contributed by atoms with Crippen molar-refractivity contribution in [3.63, 3.8) is 0 Å². The van der Waals surface area contributed by atoms with E-state index in [4.69, 9.17) is 0 Å². The van der Waals surface area contributed by atoms with Gasteiger partial charge in [-0.05, 0) is 17.8 Å². The van der Waals surface area contributed by atoms with Gasteiger partial charge in [-0.2, -0.15) is 0 Å². The summed E-state index contributed by atoms with van der Waals surface area (Å²) in [5.41, 5.74) is 0. The number of hydrogen-bond acceptors (Lipinski definition) is 0. The maximum absolute atomic E-state index is 2.39. The summed E-state index contributed by atoms with van der Waals surface area (Å²) >= 11 is 0. The summed E-state index contributed by atoms with van der Waals surface area (Å²) in [4.78, 5) is 0. The monoisotopic (exact) mass is 212 g/mol. The number of rotatable bonds is 9. The van der Waals surface area contributed by atoms with Crippen LogP contribution >= 0.6 is 0 Å². The van der Waals surface area contributed by atoms with Crippen molar-refractivity contribution in [3.8, 4) is 0 Å². The van der Waals surface area contributed by atoms with E-state index in [1.165, 1.54) is 44.9 Å². The fourth-order valence-electron chi connectivity index (χ4n) is 2.13. The molecule has 0 radical (unpaired) electrons. The lowest BCUT2D eigenvalue weighted by Gasteiger charge is -2.19. The van der Waals surface area contributed by atoms with Gasteiger partial charge in [-0.1, -0.05) is 79.6 Å². The largest absolute Gasteiger partial charge is 0.0654 e. The Labute approximate surface area is 97.8 Å². The Bertz CT molecular complexity index is 126. The van der Waals surface area contributed by atoms with Gasteiger partial charge in [0.05, 0.1) is 0 Å². The van der Waals surface area contributed by atoms with Crippen LogP contribution in [-0.4, -0.2) is 0 Å². The summed E-state index contributed by atoms with van der Waals surface area (Å²) in [7, 11) is 0. The van der Waals surface area contributed by atoms with Crippen LogP contribution in [0.15, 0.2) is 0 Å². The van der Waals surface area contributed by atoms with Gasteiger partial charge >= 0.3 is 0 Å². The van der Waals surface area contributed by atoms with E-state index in [2.05, 4.69) is 34.6 Å². The van der Waals surface area contributed by atoms with Crippen molar-refractivity contribution in [1.82, 2.24) is 0 Å². The molecule has 2 atom stereocenters. The van der Waals surface area contributed by atoms with E-state index < -0.39 is 0 Å². The molecule has 0 spiro atoms. The van der Waals surface area contributed by atoms with Gasteiger partial charge in [-0.3, -0.25) is 0 Å². The quantitative estimate of drug-likeness (QED) is 0.462. The minimum absolute atomic E-state index is 0.882. The molecule has 0 saturated carbocycles. The molecule has 0 aliphatic rings. The minimum atomic E-state index is 0.882. The Morgan fingerprint density at radius 3 is 1.80 bits per heavy atom. The topological polar surface area (TPSA) is 0 Å². The van der Waals surface area contributed by atoms with Gasteiger partial charge in [-0.25, -0.2) is 0 Å². The van der Waals surface area contributed by atoms with Crippen molar-refractivity contribution in [3.05, 3.63) is 0 Å². The molecule has 0 nitrogen and oxygen atoms in total. The Kier molecular flexibility index (Phi) is 9.24. The summed E-state index contributed by atoms with van der Waals surface area (Å²) in [5.74, 6) is 2.82. The first-order valence-electron chi connectivity index (χ1n) is 7.10. The summed E-state index contributed by atoms with van der Waals surface area (Å²) in [6.45, 7) is 11.7. The van der Waals surface area contributed by atoms with Gasteiger partial charge in [0.2, 0.25) is 0 Å². The van der Waals surface area contributed by atoms with Gasteiger partial charge in [0.25, 0.3) is 0 Å². The molecule has 0 fully saturated rings. The van der Waals surface area contributed by atoms with E-state index in [-0.39, 0.29) is 0 Å². The summed E-state index contributed by atoms with van der Waals surface area (Å²) in [5, 5.41) is 0. The van der Waals surface area contributed by atoms with Gasteiger partial charge in [-0.15, -0.1) is 0 Å². The van der Waals surface area contributed by atoms with E-state index in [9.17, 15) is 0 Å². The molecule has 0 aromatic rings. The third-order valence-corrected chi connectivity index (χ3v) is 3.61. The Morgan fingerprint density at radius 2 is 1.33 bits per heavy atom. The van der Waals surface area contributed by atoms with Gasteiger partial charge in [0.1, 0.15) is 0 Å². The fraction of sp³-hybridized carbons (Fsp3) is 1.00. The first-order valence-corrected chi connectivity index (χ1v) is 7.10. The Morgan fingerprint density at radius 1 is 0.733 bits per heavy atom. The lowest BCUT2D eigenvalue weighted by Crippen LogP contribution is -2.05. The fourth-order valence-corrected chi connectivity index (χ4v) is 2.13. The SMILES string of the molecule is CCC[C@H](CCC(C)C)CC[C@@H](C)CC. The van der Waals surface area contributed by atoms with Crippen LogP contribution in [0.4, 0.5) is 0 Å². The van der Waals surface area contributed by atoms with Crippen LogP contribution in [0.25, 0.3) is 0 Å². The van der Waals surface area contributed by atoms with E-state index in [0.717, 1.165) is 17.8 Å². The van der Waals surface area contributed by atoms with Gasteiger partial charge in [0, 0.05) is 0 Å². The van der Waals surface area contributed by atoms with Crippen molar-refractivity contribution in [1.29, 1.82) is 0 Å². The van der Waals surface area contributed by atoms with E-state index in [1.807, 2.05) is 0 Å². The zero-order valence-corrected chi connectivity index (χ0v) is 11.7. The predicted octanol–water partition coefficient (Wildman–Crippen LogP) is 5.67. The van der Waals surface area contributed by atoms with Crippen molar-refractivity contribution in [2.75, 3.05) is 0 Å². The Hall–Kier alpha value is 0. The highest BCUT2D eigenvalue weighted by molar-refractivity contribution is 4.63. The van der Waals surface area contributed by atoms with Gasteiger partial charge in [0.15, 0.2) is 0 Å². The average Bonchev–Trinajstić information content (AvgIpc) is 2.21. The third kappa shape index (κ3) is 8.96. The van der Waals surface area contributed by atoms with Crippen LogP contribution < -0.4 is 0 Å². The minimum Gasteiger partial charge on any atom is -0.0654 e. The highest BCUT2D eigenvalue weighted by Crippen LogP contribution is 2.24. The first kappa shape index (κ1) is 15.0. The first-order chi connectivity index (χ1) is 7.10. The second-order valence-corrected chi connectivity index (χ2v) is 5.72. The Balaban J connectivity index is 3.72. The van der Waals surface area contributed by atoms with E-state index >= 15 is 0 Å². The van der Waals surface area contributed by atoms with Crippen molar-refractivity contribution >= 4 is 0 Å². The van der Waals surface area contributed by atoms with E-state index in [0.29, 0.717) is 0 Å². The van der Waals surface area contributed by atoms with Crippen LogP contribution in [0, 0.1) is 17.8 Å². The normalized spacial score (nSPS) is 15.6. The molecule has 0 aliphatic heterocycles.